The topological polar surface area (TPSA) is 44.8 Å². The fourth-order valence-corrected chi connectivity index (χ4v) is 4.25. The van der Waals surface area contributed by atoms with Gasteiger partial charge in [0.05, 0.1) is 40.7 Å². The molecule has 1 unspecified atom stereocenters. The van der Waals surface area contributed by atoms with Gasteiger partial charge in [-0.15, -0.1) is 0 Å². The molecule has 0 heterocycles. The zero-order valence-electron chi connectivity index (χ0n) is 16.9. The first-order chi connectivity index (χ1) is 12.5. The Morgan fingerprint density at radius 1 is 0.963 bits per heavy atom. The number of hydrogen-bond donors (Lipinski definition) is 0. The Bertz CT molecular complexity index is 745. The zero-order valence-corrected chi connectivity index (χ0v) is 18.4. The maximum atomic E-state index is 12.9. The monoisotopic (exact) mass is 422 g/mol. The van der Waals surface area contributed by atoms with Gasteiger partial charge >= 0.3 is 18.9 Å². The molecule has 0 aliphatic heterocycles. The van der Waals surface area contributed by atoms with Gasteiger partial charge in [0.2, 0.25) is 0 Å². The number of halogens is 2. The van der Waals surface area contributed by atoms with Gasteiger partial charge in [-0.05, 0) is 41.5 Å². The van der Waals surface area contributed by atoms with Gasteiger partial charge < -0.3 is 15.6 Å². The normalized spacial score (nSPS) is 10.6. The molecule has 2 rings (SSSR count). The molecule has 0 N–H and O–H groups in total. The van der Waals surface area contributed by atoms with Crippen LogP contribution in [0.1, 0.15) is 32.6 Å². The number of carbonyl (C=O) groups is 1. The van der Waals surface area contributed by atoms with Crippen LogP contribution in [-0.2, 0) is 0 Å². The first-order valence-electron chi connectivity index (χ1n) is 8.33. The molecule has 0 saturated carbocycles. The zero-order chi connectivity index (χ0) is 19.1. The number of rotatable bonds is 9. The molecule has 0 bridgehead atoms. The second-order valence-corrected chi connectivity index (χ2v) is 7.16. The minimum absolute atomic E-state index is 0. The Kier molecular flexibility index (Phi) is 10.6. The molecule has 0 radical (unpaired) electrons. The molecule has 2 aromatic carbocycles. The molecule has 1 atom stereocenters. The van der Waals surface area contributed by atoms with Crippen molar-refractivity contribution in [1.29, 1.82) is 0 Å². The first-order valence-corrected chi connectivity index (χ1v) is 10.1. The molecule has 0 fully saturated rings. The molecule has 0 aromatic heterocycles. The van der Waals surface area contributed by atoms with Gasteiger partial charge in [0.1, 0.15) is 17.2 Å². The van der Waals surface area contributed by atoms with Crippen LogP contribution in [0.5, 0.6) is 17.2 Å². The maximum absolute atomic E-state index is 12.9. The number of benzene rings is 2. The third-order valence-electron chi connectivity index (χ3n) is 3.38. The van der Waals surface area contributed by atoms with Crippen molar-refractivity contribution in [3.63, 3.8) is 0 Å². The fraction of sp³-hybridized carbons (Fsp3) is 0.316. The van der Waals surface area contributed by atoms with E-state index in [9.17, 15) is 4.79 Å². The van der Waals surface area contributed by atoms with Crippen molar-refractivity contribution in [2.75, 3.05) is 19.8 Å². The average Bonchev–Trinajstić information content (AvgIpc) is 2.58. The van der Waals surface area contributed by atoms with E-state index in [0.29, 0.717) is 58.0 Å². The van der Waals surface area contributed by atoms with E-state index in [4.69, 9.17) is 37.4 Å². The van der Waals surface area contributed by atoms with Crippen molar-refractivity contribution in [3.05, 3.63) is 45.9 Å². The molecule has 0 aliphatic rings. The molecule has 27 heavy (non-hydrogen) atoms. The van der Waals surface area contributed by atoms with Gasteiger partial charge in [-0.25, -0.2) is 0 Å². The van der Waals surface area contributed by atoms with E-state index in [1.54, 1.807) is 30.3 Å². The van der Waals surface area contributed by atoms with E-state index in [-0.39, 0.29) is 34.4 Å². The summed E-state index contributed by atoms with van der Waals surface area (Å²) in [5, 5.41) is 1.34. The Labute approximate surface area is 185 Å². The Balaban J connectivity index is 0.00000364. The van der Waals surface area contributed by atoms with E-state index in [0.717, 1.165) is 0 Å². The molecule has 142 valence electrons. The van der Waals surface area contributed by atoms with Crippen LogP contribution in [-0.4, -0.2) is 25.3 Å². The number of ether oxygens (including phenoxy) is 3. The first kappa shape index (κ1) is 24.2. The Morgan fingerprint density at radius 3 is 1.89 bits per heavy atom. The van der Waals surface area contributed by atoms with Crippen LogP contribution in [0, 0.1) is 0 Å². The molecule has 0 aliphatic carbocycles. The quantitative estimate of drug-likeness (QED) is 0.459. The Hall–Kier alpha value is -0.883. The molecule has 0 saturated heterocycles. The standard InChI is InChI=1S/C19H21Cl2O4P.Li.H/c1-4-23-12-10-15(24-5-2)18(16(11-12)25-6-3)26-19(22)17-13(20)8-7-9-14(17)21;;/h7-11,26H,4-6H2,1-3H3;;/q;+1;-1. The van der Waals surface area contributed by atoms with Crippen molar-refractivity contribution >= 4 is 42.6 Å². The van der Waals surface area contributed by atoms with Crippen molar-refractivity contribution in [2.24, 2.45) is 0 Å². The SMILES string of the molecule is CCOc1cc(OCC)c(PC(=O)c2c(Cl)cccc2Cl)c(OCC)c1.[H-].[Li+]. The molecule has 0 amide bonds. The predicted octanol–water partition coefficient (Wildman–Crippen LogP) is 2.45. The second kappa shape index (κ2) is 11.8. The van der Waals surface area contributed by atoms with Crippen molar-refractivity contribution in [3.8, 4) is 17.2 Å². The molecule has 0 spiro atoms. The summed E-state index contributed by atoms with van der Waals surface area (Å²) in [6, 6.07) is 8.56. The average molecular weight is 423 g/mol. The van der Waals surface area contributed by atoms with E-state index in [2.05, 4.69) is 0 Å². The minimum atomic E-state index is -0.249. The molecular formula is C19H22Cl2LiO4P. The smallest absolute Gasteiger partial charge is 1.00 e. The minimum Gasteiger partial charge on any atom is -1.00 e. The summed E-state index contributed by atoms with van der Waals surface area (Å²) < 4.78 is 17.1. The van der Waals surface area contributed by atoms with E-state index < -0.39 is 0 Å². The summed E-state index contributed by atoms with van der Waals surface area (Å²) in [6.45, 7) is 7.10. The van der Waals surface area contributed by atoms with Gasteiger partial charge in [-0.2, -0.15) is 0 Å². The van der Waals surface area contributed by atoms with Gasteiger partial charge in [-0.1, -0.05) is 29.3 Å². The summed E-state index contributed by atoms with van der Waals surface area (Å²) in [7, 11) is -0.249. The number of hydrogen-bond acceptors (Lipinski definition) is 4. The maximum Gasteiger partial charge on any atom is 1.00 e. The van der Waals surface area contributed by atoms with Crippen molar-refractivity contribution < 1.29 is 39.3 Å². The summed E-state index contributed by atoms with van der Waals surface area (Å²) in [5.74, 6) is 1.77. The van der Waals surface area contributed by atoms with Crippen LogP contribution in [0.3, 0.4) is 0 Å². The van der Waals surface area contributed by atoms with Crippen molar-refractivity contribution in [2.45, 2.75) is 20.8 Å². The molecular weight excluding hydrogens is 401 g/mol. The van der Waals surface area contributed by atoms with Crippen LogP contribution in [0.2, 0.25) is 10.0 Å². The van der Waals surface area contributed by atoms with Crippen LogP contribution in [0.4, 0.5) is 0 Å². The summed E-state index contributed by atoms with van der Waals surface area (Å²) in [4.78, 5) is 12.9. The van der Waals surface area contributed by atoms with Gasteiger partial charge in [0.25, 0.3) is 0 Å². The Morgan fingerprint density at radius 2 is 1.44 bits per heavy atom. The molecule has 2 aromatic rings. The van der Waals surface area contributed by atoms with Crippen LogP contribution >= 0.6 is 31.8 Å². The van der Waals surface area contributed by atoms with Gasteiger partial charge in [0, 0.05) is 12.1 Å². The van der Waals surface area contributed by atoms with Gasteiger partial charge in [0.15, 0.2) is 5.52 Å². The predicted molar refractivity (Wildman–Crippen MR) is 110 cm³/mol. The number of carbonyl (C=O) groups excluding carboxylic acids is 1. The third kappa shape index (κ3) is 6.31. The van der Waals surface area contributed by atoms with E-state index in [1.807, 2.05) is 20.8 Å². The van der Waals surface area contributed by atoms with Gasteiger partial charge in [-0.3, -0.25) is 4.79 Å². The molecule has 4 nitrogen and oxygen atoms in total. The fourth-order valence-electron chi connectivity index (χ4n) is 2.37. The van der Waals surface area contributed by atoms with Crippen LogP contribution < -0.4 is 38.4 Å². The van der Waals surface area contributed by atoms with Crippen LogP contribution in [0.25, 0.3) is 0 Å². The third-order valence-corrected chi connectivity index (χ3v) is 5.23. The summed E-state index contributed by atoms with van der Waals surface area (Å²) >= 11 is 12.4. The van der Waals surface area contributed by atoms with Crippen LogP contribution in [0.15, 0.2) is 30.3 Å². The van der Waals surface area contributed by atoms with E-state index >= 15 is 0 Å². The summed E-state index contributed by atoms with van der Waals surface area (Å²) in [6.07, 6.45) is 0. The summed E-state index contributed by atoms with van der Waals surface area (Å²) in [5.41, 5.74) is 0.139. The second-order valence-electron chi connectivity index (χ2n) is 5.14. The molecule has 8 heteroatoms. The van der Waals surface area contributed by atoms with E-state index in [1.165, 1.54) is 0 Å². The van der Waals surface area contributed by atoms with Crippen molar-refractivity contribution in [1.82, 2.24) is 0 Å². The largest absolute Gasteiger partial charge is 1.00 e.